The number of hydrogen-bond acceptors (Lipinski definition) is 2. The van der Waals surface area contributed by atoms with E-state index in [2.05, 4.69) is 207 Å². The summed E-state index contributed by atoms with van der Waals surface area (Å²) in [4.78, 5) is 0. The minimum absolute atomic E-state index is 1.05. The molecule has 1 aliphatic rings. The van der Waals surface area contributed by atoms with Gasteiger partial charge >= 0.3 is 0 Å². The highest BCUT2D eigenvalue weighted by Crippen LogP contribution is 2.60. The molecule has 310 valence electrons. The molecule has 9 aromatic rings. The molecule has 2 heteroatoms. The molecule has 0 radical (unpaired) electrons. The van der Waals surface area contributed by atoms with Crippen molar-refractivity contribution in [2.75, 3.05) is 10.6 Å². The van der Waals surface area contributed by atoms with Crippen molar-refractivity contribution in [3.8, 4) is 55.6 Å². The van der Waals surface area contributed by atoms with Crippen LogP contribution in [0.2, 0.25) is 0 Å². The highest BCUT2D eigenvalue weighted by molar-refractivity contribution is 6.26. The summed E-state index contributed by atoms with van der Waals surface area (Å²) in [6.45, 7) is 6.97. The summed E-state index contributed by atoms with van der Waals surface area (Å²) in [7, 11) is 0. The summed E-state index contributed by atoms with van der Waals surface area (Å²) in [5.41, 5.74) is 21.5. The van der Waals surface area contributed by atoms with Gasteiger partial charge in [0.25, 0.3) is 0 Å². The summed E-state index contributed by atoms with van der Waals surface area (Å²) in [5, 5.41) is 12.8. The first-order valence-corrected chi connectivity index (χ1v) is 23.2. The van der Waals surface area contributed by atoms with Gasteiger partial charge in [-0.25, -0.2) is 0 Å². The monoisotopic (exact) mass is 816 g/mol. The molecule has 0 unspecified atom stereocenters. The molecule has 9 aromatic carbocycles. The van der Waals surface area contributed by atoms with E-state index in [0.717, 1.165) is 35.6 Å². The van der Waals surface area contributed by atoms with E-state index in [9.17, 15) is 0 Å². The summed E-state index contributed by atoms with van der Waals surface area (Å²) in [6.07, 6.45) is 9.36. The molecule has 0 bridgehead atoms. The van der Waals surface area contributed by atoms with E-state index < -0.39 is 0 Å². The highest BCUT2D eigenvalue weighted by Gasteiger charge is 2.33. The van der Waals surface area contributed by atoms with E-state index >= 15 is 0 Å². The maximum atomic E-state index is 3.85. The number of aryl methyl sites for hydroxylation is 2. The van der Waals surface area contributed by atoms with Gasteiger partial charge in [0.1, 0.15) is 0 Å². The van der Waals surface area contributed by atoms with Crippen molar-refractivity contribution in [1.82, 2.24) is 0 Å². The zero-order valence-electron chi connectivity index (χ0n) is 36.9. The first kappa shape index (κ1) is 40.2. The molecule has 0 amide bonds. The molecule has 0 saturated carbocycles. The van der Waals surface area contributed by atoms with Crippen LogP contribution < -0.4 is 10.6 Å². The average molecular weight is 817 g/mol. The van der Waals surface area contributed by atoms with Gasteiger partial charge in [0.2, 0.25) is 0 Å². The van der Waals surface area contributed by atoms with Gasteiger partial charge in [-0.1, -0.05) is 167 Å². The van der Waals surface area contributed by atoms with Crippen molar-refractivity contribution in [3.63, 3.8) is 0 Å². The predicted octanol–water partition coefficient (Wildman–Crippen LogP) is 17.9. The molecule has 0 fully saturated rings. The number of para-hydroxylation sites is 2. The lowest BCUT2D eigenvalue weighted by atomic mass is 9.78. The van der Waals surface area contributed by atoms with Crippen molar-refractivity contribution in [2.45, 2.75) is 72.1 Å². The minimum atomic E-state index is 1.05. The Morgan fingerprint density at radius 2 is 0.873 bits per heavy atom. The molecule has 0 aliphatic heterocycles. The van der Waals surface area contributed by atoms with Crippen LogP contribution in [0.4, 0.5) is 22.7 Å². The van der Waals surface area contributed by atoms with Gasteiger partial charge < -0.3 is 10.6 Å². The topological polar surface area (TPSA) is 24.1 Å². The number of unbranched alkanes of at least 4 members (excludes halogenated alkanes) is 4. The molecule has 2 nitrogen and oxygen atoms in total. The zero-order valence-corrected chi connectivity index (χ0v) is 36.9. The second-order valence-electron chi connectivity index (χ2n) is 17.4. The van der Waals surface area contributed by atoms with Crippen LogP contribution in [0.5, 0.6) is 0 Å². The Bertz CT molecular complexity index is 3060. The fourth-order valence-corrected chi connectivity index (χ4v) is 10.2. The molecule has 0 atom stereocenters. The van der Waals surface area contributed by atoms with Gasteiger partial charge in [-0.15, -0.1) is 0 Å². The lowest BCUT2D eigenvalue weighted by Crippen LogP contribution is -2.00. The minimum Gasteiger partial charge on any atom is -0.355 e. The maximum Gasteiger partial charge on any atom is 0.0464 e. The van der Waals surface area contributed by atoms with Gasteiger partial charge in [-0.2, -0.15) is 0 Å². The second-order valence-corrected chi connectivity index (χ2v) is 17.4. The lowest BCUT2D eigenvalue weighted by Gasteiger charge is -2.25. The summed E-state index contributed by atoms with van der Waals surface area (Å²) in [5.74, 6) is 0. The Kier molecular flexibility index (Phi) is 11.4. The van der Waals surface area contributed by atoms with E-state index in [1.807, 2.05) is 0 Å². The van der Waals surface area contributed by atoms with E-state index in [-0.39, 0.29) is 0 Å². The van der Waals surface area contributed by atoms with Crippen LogP contribution in [-0.2, 0) is 12.8 Å². The third-order valence-corrected chi connectivity index (χ3v) is 13.2. The maximum absolute atomic E-state index is 3.85. The van der Waals surface area contributed by atoms with Crippen molar-refractivity contribution >= 4 is 44.3 Å². The first-order valence-electron chi connectivity index (χ1n) is 23.2. The van der Waals surface area contributed by atoms with Crippen LogP contribution in [0.15, 0.2) is 176 Å². The van der Waals surface area contributed by atoms with Crippen LogP contribution in [0.3, 0.4) is 0 Å². The highest BCUT2D eigenvalue weighted by atomic mass is 14.9. The molecular weight excluding hydrogens is 761 g/mol. The van der Waals surface area contributed by atoms with Crippen LogP contribution in [0.25, 0.3) is 77.2 Å². The predicted molar refractivity (Wildman–Crippen MR) is 273 cm³/mol. The Balaban J connectivity index is 1.30. The summed E-state index contributed by atoms with van der Waals surface area (Å²) in [6, 6.07) is 65.3. The molecule has 0 spiro atoms. The van der Waals surface area contributed by atoms with Crippen LogP contribution in [0.1, 0.15) is 69.1 Å². The first-order chi connectivity index (χ1) is 31.1. The van der Waals surface area contributed by atoms with E-state index in [1.54, 1.807) is 0 Å². The molecule has 0 saturated heterocycles. The normalized spacial score (nSPS) is 11.6. The quantitative estimate of drug-likeness (QED) is 0.101. The lowest BCUT2D eigenvalue weighted by molar-refractivity contribution is 0.718. The molecule has 10 rings (SSSR count). The zero-order chi connectivity index (χ0) is 42.7. The Morgan fingerprint density at radius 1 is 0.365 bits per heavy atom. The van der Waals surface area contributed by atoms with Gasteiger partial charge in [-0.05, 0) is 164 Å². The summed E-state index contributed by atoms with van der Waals surface area (Å²) >= 11 is 0. The average Bonchev–Trinajstić information content (AvgIpc) is 3.65. The Hall–Kier alpha value is -6.90. The molecule has 0 heterocycles. The van der Waals surface area contributed by atoms with E-state index in [1.165, 1.54) is 132 Å². The number of hydrogen-bond donors (Lipinski definition) is 2. The van der Waals surface area contributed by atoms with Gasteiger partial charge in [0, 0.05) is 33.5 Å². The Morgan fingerprint density at radius 3 is 1.48 bits per heavy atom. The van der Waals surface area contributed by atoms with Gasteiger partial charge in [0.05, 0.1) is 0 Å². The molecule has 63 heavy (non-hydrogen) atoms. The van der Waals surface area contributed by atoms with E-state index in [4.69, 9.17) is 0 Å². The fourth-order valence-electron chi connectivity index (χ4n) is 10.2. The smallest absolute Gasteiger partial charge is 0.0464 e. The number of nitrogens with one attached hydrogen (secondary N) is 2. The largest absolute Gasteiger partial charge is 0.355 e. The van der Waals surface area contributed by atoms with Crippen LogP contribution >= 0.6 is 0 Å². The van der Waals surface area contributed by atoms with Gasteiger partial charge in [-0.3, -0.25) is 0 Å². The third-order valence-electron chi connectivity index (χ3n) is 13.2. The molecule has 0 aromatic heterocycles. The van der Waals surface area contributed by atoms with Crippen molar-refractivity contribution in [3.05, 3.63) is 193 Å². The van der Waals surface area contributed by atoms with Crippen molar-refractivity contribution in [2.24, 2.45) is 0 Å². The van der Waals surface area contributed by atoms with Crippen molar-refractivity contribution in [1.29, 1.82) is 0 Å². The third kappa shape index (κ3) is 7.69. The van der Waals surface area contributed by atoms with Crippen molar-refractivity contribution < 1.29 is 0 Å². The van der Waals surface area contributed by atoms with Crippen LogP contribution in [-0.4, -0.2) is 0 Å². The number of fused-ring (bicyclic) bond motifs is 4. The van der Waals surface area contributed by atoms with Gasteiger partial charge in [0.15, 0.2) is 0 Å². The number of anilines is 4. The molecular formula is C61H56N2. The Labute approximate surface area is 373 Å². The molecule has 2 N–H and O–H groups in total. The number of rotatable bonds is 15. The summed E-state index contributed by atoms with van der Waals surface area (Å²) < 4.78 is 0. The number of benzene rings is 9. The second kappa shape index (κ2) is 17.8. The standard InChI is InChI=1S/C61H56N2/c1-4-6-12-22-42-32-33-48-49(34-36-54(51(48)38-42)62-46-28-18-10-19-29-46)57-41(3)56(44-24-14-8-15-25-44)60-50-35-37-55(63-47-30-20-11-21-31-47)52-39-43(23-13-7-5-2)40-53(59(50)52)61(60)58(57)45-26-16-9-17-27-45/h8-11,14-21,24-40,62-63H,4-7,12-13,22-23H2,1-3H3. The van der Waals surface area contributed by atoms with E-state index in [0.29, 0.717) is 0 Å². The molecule has 1 aliphatic carbocycles. The SMILES string of the molecule is CCCCCc1ccc2c(-c3c(C)c(-c4ccccc4)c4c(c3-c3ccccc3)-c3cc(CCCCC)cc5c(Nc6ccccc6)ccc-4c35)ccc(Nc3ccccc3)c2c1. The van der Waals surface area contributed by atoms with Crippen LogP contribution in [0, 0.1) is 6.92 Å². The fraction of sp³-hybridized carbons (Fsp3) is 0.180.